The third-order valence-electron chi connectivity index (χ3n) is 1.74. The zero-order chi connectivity index (χ0) is 10.9. The van der Waals surface area contributed by atoms with Gasteiger partial charge in [0.15, 0.2) is 0 Å². The molecule has 0 saturated heterocycles. The van der Waals surface area contributed by atoms with Crippen LogP contribution in [0.15, 0.2) is 16.6 Å². The van der Waals surface area contributed by atoms with E-state index in [9.17, 15) is 8.42 Å². The summed E-state index contributed by atoms with van der Waals surface area (Å²) < 4.78 is 24.9. The highest BCUT2D eigenvalue weighted by Gasteiger charge is 2.08. The zero-order valence-electron chi connectivity index (χ0n) is 7.83. The van der Waals surface area contributed by atoms with Gasteiger partial charge in [-0.1, -0.05) is 15.9 Å². The van der Waals surface area contributed by atoms with Gasteiger partial charge in [0.05, 0.1) is 5.69 Å². The summed E-state index contributed by atoms with van der Waals surface area (Å²) in [5, 5.41) is 4.89. The van der Waals surface area contributed by atoms with Gasteiger partial charge in [-0.3, -0.25) is 4.72 Å². The highest BCUT2D eigenvalue weighted by Crippen LogP contribution is 2.25. The molecule has 78 valence electrons. The van der Waals surface area contributed by atoms with E-state index in [0.717, 1.165) is 15.6 Å². The molecular formula is C8H11BrN2O2S. The molecule has 0 bridgehead atoms. The third-order valence-corrected chi connectivity index (χ3v) is 2.69. The molecule has 0 unspecified atom stereocenters. The fraction of sp³-hybridized carbons (Fsp3) is 0.250. The highest BCUT2D eigenvalue weighted by atomic mass is 79.9. The molecule has 1 rings (SSSR count). The molecule has 0 aliphatic rings. The number of benzene rings is 1. The summed E-state index contributed by atoms with van der Waals surface area (Å²) in [7, 11) is -3.70. The largest absolute Gasteiger partial charge is 0.296 e. The minimum atomic E-state index is -3.70. The Morgan fingerprint density at radius 3 is 2.07 bits per heavy atom. The van der Waals surface area contributed by atoms with Crippen LogP contribution in [0.1, 0.15) is 11.1 Å². The van der Waals surface area contributed by atoms with Crippen LogP contribution in [0, 0.1) is 13.8 Å². The molecule has 1 aromatic rings. The number of aryl methyl sites for hydroxylation is 2. The molecule has 0 aliphatic heterocycles. The van der Waals surface area contributed by atoms with Crippen molar-refractivity contribution < 1.29 is 8.42 Å². The van der Waals surface area contributed by atoms with Gasteiger partial charge in [0, 0.05) is 4.47 Å². The predicted molar refractivity (Wildman–Crippen MR) is 60.3 cm³/mol. The maximum Gasteiger partial charge on any atom is 0.296 e. The average Bonchev–Trinajstić information content (AvgIpc) is 1.95. The quantitative estimate of drug-likeness (QED) is 0.864. The van der Waals surface area contributed by atoms with E-state index in [-0.39, 0.29) is 0 Å². The summed E-state index contributed by atoms with van der Waals surface area (Å²) in [6.45, 7) is 3.62. The third kappa shape index (κ3) is 2.97. The molecule has 0 spiro atoms. The number of nitrogens with one attached hydrogen (secondary N) is 1. The van der Waals surface area contributed by atoms with Gasteiger partial charge in [-0.15, -0.1) is 0 Å². The van der Waals surface area contributed by atoms with E-state index in [1.54, 1.807) is 0 Å². The van der Waals surface area contributed by atoms with Crippen LogP contribution >= 0.6 is 15.9 Å². The normalized spacial score (nSPS) is 11.4. The summed E-state index contributed by atoms with van der Waals surface area (Å²) in [5.74, 6) is 0. The number of hydrogen-bond donors (Lipinski definition) is 2. The fourth-order valence-electron chi connectivity index (χ4n) is 1.21. The average molecular weight is 279 g/mol. The van der Waals surface area contributed by atoms with Gasteiger partial charge in [0.25, 0.3) is 10.2 Å². The molecule has 0 atom stereocenters. The molecule has 0 saturated carbocycles. The van der Waals surface area contributed by atoms with Crippen molar-refractivity contribution in [1.82, 2.24) is 0 Å². The van der Waals surface area contributed by atoms with Crippen molar-refractivity contribution in [3.63, 3.8) is 0 Å². The number of hydrogen-bond acceptors (Lipinski definition) is 2. The Morgan fingerprint density at radius 2 is 1.71 bits per heavy atom. The van der Waals surface area contributed by atoms with Gasteiger partial charge in [0.2, 0.25) is 0 Å². The van der Waals surface area contributed by atoms with Crippen molar-refractivity contribution in [2.75, 3.05) is 4.72 Å². The number of anilines is 1. The lowest BCUT2D eigenvalue weighted by Crippen LogP contribution is -2.22. The standard InChI is InChI=1S/C8H11BrN2O2S/c1-5-3-7(9)4-6(2)8(5)11-14(10,12)13/h3-4,11H,1-2H3,(H2,10,12,13). The zero-order valence-corrected chi connectivity index (χ0v) is 10.2. The van der Waals surface area contributed by atoms with Crippen molar-refractivity contribution in [2.45, 2.75) is 13.8 Å². The first kappa shape index (κ1) is 11.5. The number of nitrogens with two attached hydrogens (primary N) is 1. The molecule has 3 N–H and O–H groups in total. The molecule has 0 amide bonds. The van der Waals surface area contributed by atoms with Crippen LogP contribution in [0.5, 0.6) is 0 Å². The van der Waals surface area contributed by atoms with Crippen molar-refractivity contribution >= 4 is 31.8 Å². The van der Waals surface area contributed by atoms with Gasteiger partial charge in [-0.05, 0) is 37.1 Å². The summed E-state index contributed by atoms with van der Waals surface area (Å²) in [5.41, 5.74) is 2.19. The summed E-state index contributed by atoms with van der Waals surface area (Å²) in [6.07, 6.45) is 0. The van der Waals surface area contributed by atoms with Crippen LogP contribution in [-0.2, 0) is 10.2 Å². The first-order chi connectivity index (χ1) is 6.29. The van der Waals surface area contributed by atoms with E-state index in [4.69, 9.17) is 5.14 Å². The van der Waals surface area contributed by atoms with Gasteiger partial charge in [-0.2, -0.15) is 8.42 Å². The van der Waals surface area contributed by atoms with Gasteiger partial charge < -0.3 is 0 Å². The first-order valence-electron chi connectivity index (χ1n) is 3.87. The monoisotopic (exact) mass is 278 g/mol. The number of halogens is 1. The maximum absolute atomic E-state index is 10.8. The highest BCUT2D eigenvalue weighted by molar-refractivity contribution is 9.10. The van der Waals surface area contributed by atoms with Crippen LogP contribution in [0.4, 0.5) is 5.69 Å². The molecule has 0 aliphatic carbocycles. The minimum Gasteiger partial charge on any atom is -0.271 e. The molecule has 4 nitrogen and oxygen atoms in total. The van der Waals surface area contributed by atoms with Crippen LogP contribution in [0.25, 0.3) is 0 Å². The molecule has 0 fully saturated rings. The van der Waals surface area contributed by atoms with E-state index in [0.29, 0.717) is 5.69 Å². The number of rotatable bonds is 2. The Hall–Kier alpha value is -0.590. The Labute approximate surface area is 91.8 Å². The van der Waals surface area contributed by atoms with Crippen molar-refractivity contribution in [3.8, 4) is 0 Å². The lowest BCUT2D eigenvalue weighted by Gasteiger charge is -2.11. The van der Waals surface area contributed by atoms with E-state index in [1.165, 1.54) is 0 Å². The minimum absolute atomic E-state index is 0.538. The van der Waals surface area contributed by atoms with Crippen LogP contribution in [0.3, 0.4) is 0 Å². The molecule has 6 heteroatoms. The van der Waals surface area contributed by atoms with Gasteiger partial charge in [0.1, 0.15) is 0 Å². The molecule has 0 heterocycles. The summed E-state index contributed by atoms with van der Waals surface area (Å²) >= 11 is 3.32. The van der Waals surface area contributed by atoms with E-state index >= 15 is 0 Å². The second-order valence-corrected chi connectivity index (χ2v) is 5.27. The Morgan fingerprint density at radius 1 is 1.29 bits per heavy atom. The second-order valence-electron chi connectivity index (χ2n) is 3.06. The summed E-state index contributed by atoms with van der Waals surface area (Å²) in [6, 6.07) is 3.64. The fourth-order valence-corrected chi connectivity index (χ4v) is 2.51. The van der Waals surface area contributed by atoms with Crippen LogP contribution < -0.4 is 9.86 Å². The van der Waals surface area contributed by atoms with Crippen LogP contribution in [-0.4, -0.2) is 8.42 Å². The lowest BCUT2D eigenvalue weighted by atomic mass is 10.1. The Kier molecular flexibility index (Phi) is 3.18. The Balaban J connectivity index is 3.22. The second kappa shape index (κ2) is 3.88. The molecule has 0 aromatic heterocycles. The van der Waals surface area contributed by atoms with Crippen molar-refractivity contribution in [1.29, 1.82) is 0 Å². The Bertz CT molecular complexity index is 433. The molecule has 14 heavy (non-hydrogen) atoms. The smallest absolute Gasteiger partial charge is 0.271 e. The molecule has 1 aromatic carbocycles. The van der Waals surface area contributed by atoms with E-state index in [2.05, 4.69) is 20.7 Å². The first-order valence-corrected chi connectivity index (χ1v) is 6.21. The van der Waals surface area contributed by atoms with Gasteiger partial charge >= 0.3 is 0 Å². The maximum atomic E-state index is 10.8. The molecule has 0 radical (unpaired) electrons. The van der Waals surface area contributed by atoms with Crippen molar-refractivity contribution in [3.05, 3.63) is 27.7 Å². The van der Waals surface area contributed by atoms with E-state index in [1.807, 2.05) is 26.0 Å². The van der Waals surface area contributed by atoms with Crippen LogP contribution in [0.2, 0.25) is 0 Å². The van der Waals surface area contributed by atoms with Gasteiger partial charge in [-0.25, -0.2) is 5.14 Å². The lowest BCUT2D eigenvalue weighted by molar-refractivity contribution is 0.603. The SMILES string of the molecule is Cc1cc(Br)cc(C)c1NS(N)(=O)=O. The van der Waals surface area contributed by atoms with E-state index < -0.39 is 10.2 Å². The topological polar surface area (TPSA) is 72.2 Å². The van der Waals surface area contributed by atoms with Crippen molar-refractivity contribution in [2.24, 2.45) is 5.14 Å². The molecular weight excluding hydrogens is 268 g/mol. The predicted octanol–water partition coefficient (Wildman–Crippen LogP) is 1.68. The summed E-state index contributed by atoms with van der Waals surface area (Å²) in [4.78, 5) is 0.